The number of anilines is 1. The van der Waals surface area contributed by atoms with Gasteiger partial charge in [-0.1, -0.05) is 0 Å². The molecule has 1 aromatic heterocycles. The van der Waals surface area contributed by atoms with E-state index in [4.69, 9.17) is 0 Å². The van der Waals surface area contributed by atoms with Gasteiger partial charge in [0.15, 0.2) is 6.29 Å². The van der Waals surface area contributed by atoms with Crippen molar-refractivity contribution < 1.29 is 18.0 Å². The van der Waals surface area contributed by atoms with Crippen LogP contribution in [0.25, 0.3) is 11.0 Å². The maximum absolute atomic E-state index is 13.7. The predicted octanol–water partition coefficient (Wildman–Crippen LogP) is 2.20. The maximum Gasteiger partial charge on any atom is 0.432 e. The summed E-state index contributed by atoms with van der Waals surface area (Å²) in [6, 6.07) is 3.53. The van der Waals surface area contributed by atoms with E-state index in [9.17, 15) is 18.0 Å². The van der Waals surface area contributed by atoms with E-state index in [0.29, 0.717) is 5.52 Å². The van der Waals surface area contributed by atoms with Gasteiger partial charge in [0.25, 0.3) is 5.66 Å². The van der Waals surface area contributed by atoms with Crippen LogP contribution in [-0.2, 0) is 23.3 Å². The number of likely N-dealkylation sites (N-methyl/N-ethyl adjacent to an activating group) is 1. The van der Waals surface area contributed by atoms with Crippen LogP contribution in [-0.4, -0.2) is 36.1 Å². The molecule has 1 aliphatic rings. The first-order chi connectivity index (χ1) is 10.9. The van der Waals surface area contributed by atoms with E-state index in [-0.39, 0.29) is 17.8 Å². The summed E-state index contributed by atoms with van der Waals surface area (Å²) < 4.78 is 42.0. The molecule has 23 heavy (non-hydrogen) atoms. The third-order valence-electron chi connectivity index (χ3n) is 4.43. The predicted molar refractivity (Wildman–Crippen MR) is 80.5 cm³/mol. The van der Waals surface area contributed by atoms with Crippen molar-refractivity contribution in [2.45, 2.75) is 31.1 Å². The van der Waals surface area contributed by atoms with Crippen molar-refractivity contribution in [1.82, 2.24) is 14.9 Å². The van der Waals surface area contributed by atoms with Crippen LogP contribution in [0.5, 0.6) is 0 Å². The maximum atomic E-state index is 13.7. The molecule has 1 unspecified atom stereocenters. The molecule has 1 aliphatic carbocycles. The van der Waals surface area contributed by atoms with Crippen LogP contribution in [0, 0.1) is 0 Å². The van der Waals surface area contributed by atoms with Crippen LogP contribution in [0.1, 0.15) is 17.5 Å². The normalized spacial score (nSPS) is 17.1. The summed E-state index contributed by atoms with van der Waals surface area (Å²) in [7, 11) is 2.59. The number of carbonyl (C=O) groups is 1. The third kappa shape index (κ3) is 2.12. The number of imidazole rings is 1. The Morgan fingerprint density at radius 2 is 1.87 bits per heavy atom. The minimum Gasteiger partial charge on any atom is -0.359 e. The molecule has 0 amide bonds. The van der Waals surface area contributed by atoms with E-state index in [1.807, 2.05) is 6.07 Å². The van der Waals surface area contributed by atoms with Crippen LogP contribution >= 0.6 is 0 Å². The molecule has 0 spiro atoms. The molecular formula is C15H17F3N4O. The molecule has 1 atom stereocenters. The summed E-state index contributed by atoms with van der Waals surface area (Å²) in [5.41, 5.74) is -0.0146. The zero-order valence-electron chi connectivity index (χ0n) is 12.8. The highest BCUT2D eigenvalue weighted by atomic mass is 19.4. The Hall–Kier alpha value is -2.09. The first-order valence-electron chi connectivity index (χ1n) is 7.32. The number of hydrogen-bond donors (Lipinski definition) is 2. The molecule has 2 N–H and O–H groups in total. The molecule has 1 aromatic carbocycles. The van der Waals surface area contributed by atoms with E-state index in [0.717, 1.165) is 42.0 Å². The molecule has 0 bridgehead atoms. The smallest absolute Gasteiger partial charge is 0.359 e. The summed E-state index contributed by atoms with van der Waals surface area (Å²) in [6.07, 6.45) is -2.24. The van der Waals surface area contributed by atoms with Crippen LogP contribution in [0.15, 0.2) is 12.1 Å². The van der Waals surface area contributed by atoms with Gasteiger partial charge in [-0.15, -0.1) is 0 Å². The first-order valence-corrected chi connectivity index (χ1v) is 7.32. The number of aryl methyl sites for hydroxylation is 2. The minimum absolute atomic E-state index is 0.0116. The van der Waals surface area contributed by atoms with Crippen molar-refractivity contribution in [3.05, 3.63) is 23.3 Å². The Morgan fingerprint density at radius 1 is 1.22 bits per heavy atom. The lowest BCUT2D eigenvalue weighted by molar-refractivity contribution is -0.213. The largest absolute Gasteiger partial charge is 0.432 e. The average Bonchev–Trinajstić information content (AvgIpc) is 3.09. The second-order valence-corrected chi connectivity index (χ2v) is 5.62. The zero-order valence-corrected chi connectivity index (χ0v) is 12.8. The van der Waals surface area contributed by atoms with E-state index < -0.39 is 11.8 Å². The van der Waals surface area contributed by atoms with Crippen LogP contribution < -0.4 is 10.6 Å². The van der Waals surface area contributed by atoms with Gasteiger partial charge >= 0.3 is 6.18 Å². The summed E-state index contributed by atoms with van der Waals surface area (Å²) in [5, 5.41) is 4.79. The van der Waals surface area contributed by atoms with Crippen molar-refractivity contribution in [1.29, 1.82) is 0 Å². The van der Waals surface area contributed by atoms with E-state index in [2.05, 4.69) is 15.6 Å². The van der Waals surface area contributed by atoms with Gasteiger partial charge in [-0.25, -0.2) is 4.98 Å². The fraction of sp³-hybridized carbons (Fsp3) is 0.467. The number of aromatic nitrogens is 2. The Kier molecular flexibility index (Phi) is 3.59. The van der Waals surface area contributed by atoms with Gasteiger partial charge < -0.3 is 5.32 Å². The highest BCUT2D eigenvalue weighted by molar-refractivity contribution is 5.83. The minimum atomic E-state index is -4.82. The number of hydrogen-bond acceptors (Lipinski definition) is 4. The van der Waals surface area contributed by atoms with Crippen molar-refractivity contribution in [3.8, 4) is 0 Å². The number of rotatable bonds is 4. The fourth-order valence-electron chi connectivity index (χ4n) is 3.23. The fourth-order valence-corrected chi connectivity index (χ4v) is 3.23. The molecule has 8 heteroatoms. The molecule has 3 rings (SSSR count). The first kappa shape index (κ1) is 15.8. The van der Waals surface area contributed by atoms with Crippen LogP contribution in [0.4, 0.5) is 19.1 Å². The highest BCUT2D eigenvalue weighted by Crippen LogP contribution is 2.39. The molecular weight excluding hydrogens is 309 g/mol. The Labute approximate surface area is 130 Å². The lowest BCUT2D eigenvalue weighted by Crippen LogP contribution is -2.58. The van der Waals surface area contributed by atoms with Gasteiger partial charge in [0, 0.05) is 7.05 Å². The Balaban J connectivity index is 2.36. The highest BCUT2D eigenvalue weighted by Gasteiger charge is 2.57. The average molecular weight is 326 g/mol. The molecule has 0 fully saturated rings. The Morgan fingerprint density at radius 3 is 2.39 bits per heavy atom. The number of aldehydes is 1. The number of nitrogens with one attached hydrogen (secondary N) is 2. The van der Waals surface area contributed by atoms with E-state index in [1.165, 1.54) is 7.05 Å². The second kappa shape index (κ2) is 5.23. The lowest BCUT2D eigenvalue weighted by atomic mass is 10.1. The van der Waals surface area contributed by atoms with Crippen molar-refractivity contribution in [2.24, 2.45) is 0 Å². The van der Waals surface area contributed by atoms with E-state index in [1.54, 1.807) is 6.07 Å². The van der Waals surface area contributed by atoms with E-state index >= 15 is 0 Å². The molecule has 124 valence electrons. The van der Waals surface area contributed by atoms with Crippen LogP contribution in [0.3, 0.4) is 0 Å². The third-order valence-corrected chi connectivity index (χ3v) is 4.43. The molecule has 0 saturated carbocycles. The number of fused-ring (bicyclic) bond motifs is 2. The van der Waals surface area contributed by atoms with Crippen molar-refractivity contribution in [3.63, 3.8) is 0 Å². The lowest BCUT2D eigenvalue weighted by Gasteiger charge is -2.33. The number of carbonyl (C=O) groups excluding carboxylic acids is 1. The van der Waals surface area contributed by atoms with Gasteiger partial charge in [0.2, 0.25) is 5.95 Å². The number of benzene rings is 1. The number of alkyl halides is 3. The molecule has 5 nitrogen and oxygen atoms in total. The van der Waals surface area contributed by atoms with Gasteiger partial charge in [-0.05, 0) is 49.6 Å². The molecule has 0 aliphatic heterocycles. The molecule has 0 saturated heterocycles. The molecule has 2 aromatic rings. The molecule has 0 radical (unpaired) electrons. The standard InChI is InChI=1S/C15H17F3N4O/c1-19-13-21-11-6-9-4-3-5-10(9)7-12(11)22(13)14(8-23,20-2)15(16,17)18/h6-8,20H,3-5H2,1-2H3,(H,19,21). The SMILES string of the molecule is CNc1nc2cc3c(cc2n1C(C=O)(NC)C(F)(F)F)CCC3. The summed E-state index contributed by atoms with van der Waals surface area (Å²) >= 11 is 0. The summed E-state index contributed by atoms with van der Waals surface area (Å²) in [5.74, 6) is -0.0116. The van der Waals surface area contributed by atoms with Gasteiger partial charge in [-0.3, -0.25) is 14.7 Å². The number of halogens is 3. The van der Waals surface area contributed by atoms with Gasteiger partial charge in [-0.2, -0.15) is 13.2 Å². The zero-order chi connectivity index (χ0) is 16.8. The molecule has 1 heterocycles. The van der Waals surface area contributed by atoms with Crippen molar-refractivity contribution >= 4 is 23.3 Å². The monoisotopic (exact) mass is 326 g/mol. The second-order valence-electron chi connectivity index (χ2n) is 5.62. The quantitative estimate of drug-likeness (QED) is 0.846. The van der Waals surface area contributed by atoms with Crippen LogP contribution in [0.2, 0.25) is 0 Å². The number of nitrogens with zero attached hydrogens (tertiary/aromatic N) is 2. The summed E-state index contributed by atoms with van der Waals surface area (Å²) in [6.45, 7) is 0. The van der Waals surface area contributed by atoms with Crippen molar-refractivity contribution in [2.75, 3.05) is 19.4 Å². The topological polar surface area (TPSA) is 59.0 Å². The Bertz CT molecular complexity index is 768. The van der Waals surface area contributed by atoms with Gasteiger partial charge in [0.05, 0.1) is 11.0 Å². The summed E-state index contributed by atoms with van der Waals surface area (Å²) in [4.78, 5) is 15.7. The van der Waals surface area contributed by atoms with Gasteiger partial charge in [0.1, 0.15) is 0 Å².